The molecule has 0 saturated carbocycles. The second-order valence-electron chi connectivity index (χ2n) is 6.59. The molecule has 0 heterocycles. The van der Waals surface area contributed by atoms with E-state index >= 15 is 0 Å². The van der Waals surface area contributed by atoms with Crippen LogP contribution in [0.3, 0.4) is 0 Å². The standard InChI is InChI=1S/C10H23NO4SSi.C7H15NO/c1-9(10(11)12)8-16-6-5-7-17(13-2,14-3)15-4;1-5-7(2,3)6(9)8-4/h9H,5-8H2,1-4H3,(H2,11,12);5H2,1-4H3,(H,8,9). The maximum atomic E-state index is 11.0. The number of nitrogens with one attached hydrogen (secondary N) is 1. The summed E-state index contributed by atoms with van der Waals surface area (Å²) in [5.74, 6) is 1.51. The van der Waals surface area contributed by atoms with Crippen LogP contribution in [0.2, 0.25) is 6.04 Å². The van der Waals surface area contributed by atoms with Crippen molar-refractivity contribution in [3.8, 4) is 0 Å². The molecule has 3 N–H and O–H groups in total. The highest BCUT2D eigenvalue weighted by Crippen LogP contribution is 2.19. The molecule has 0 aromatic rings. The number of thioether (sulfide) groups is 1. The Hall–Kier alpha value is -0.613. The fourth-order valence-electron chi connectivity index (χ4n) is 1.79. The summed E-state index contributed by atoms with van der Waals surface area (Å²) in [5, 5.41) is 2.62. The Labute approximate surface area is 164 Å². The van der Waals surface area contributed by atoms with E-state index in [9.17, 15) is 9.59 Å². The molecule has 9 heteroatoms. The van der Waals surface area contributed by atoms with Crippen LogP contribution >= 0.6 is 11.8 Å². The molecule has 0 rings (SSSR count). The maximum Gasteiger partial charge on any atom is 0.500 e. The number of hydrogen-bond donors (Lipinski definition) is 2. The summed E-state index contributed by atoms with van der Waals surface area (Å²) in [6.07, 6.45) is 1.82. The number of rotatable bonds is 12. The van der Waals surface area contributed by atoms with E-state index in [2.05, 4.69) is 5.32 Å². The Bertz CT molecular complexity index is 398. The van der Waals surface area contributed by atoms with Crippen molar-refractivity contribution in [3.63, 3.8) is 0 Å². The molecule has 156 valence electrons. The minimum Gasteiger partial charge on any atom is -0.377 e. The van der Waals surface area contributed by atoms with Gasteiger partial charge in [0.1, 0.15) is 0 Å². The Kier molecular flexibility index (Phi) is 15.3. The molecule has 0 radical (unpaired) electrons. The molecule has 0 aliphatic carbocycles. The number of amides is 2. The second-order valence-corrected chi connectivity index (χ2v) is 10.8. The van der Waals surface area contributed by atoms with E-state index in [-0.39, 0.29) is 23.1 Å². The molecule has 0 saturated heterocycles. The molecule has 0 spiro atoms. The molecule has 0 aromatic heterocycles. The predicted octanol–water partition coefficient (Wildman–Crippen LogP) is 2.28. The van der Waals surface area contributed by atoms with Crippen LogP contribution in [0.25, 0.3) is 0 Å². The lowest BCUT2D eigenvalue weighted by Gasteiger charge is -2.24. The van der Waals surface area contributed by atoms with Gasteiger partial charge in [-0.1, -0.05) is 27.7 Å². The van der Waals surface area contributed by atoms with E-state index in [1.54, 1.807) is 40.1 Å². The van der Waals surface area contributed by atoms with Crippen LogP contribution in [0.15, 0.2) is 0 Å². The second kappa shape index (κ2) is 14.4. The minimum atomic E-state index is -2.42. The van der Waals surface area contributed by atoms with Crippen LogP contribution in [-0.2, 0) is 22.9 Å². The molecule has 0 fully saturated rings. The lowest BCUT2D eigenvalue weighted by molar-refractivity contribution is -0.129. The number of nitrogens with two attached hydrogens (primary N) is 1. The third-order valence-electron chi connectivity index (χ3n) is 4.28. The van der Waals surface area contributed by atoms with Crippen molar-refractivity contribution in [3.05, 3.63) is 0 Å². The minimum absolute atomic E-state index is 0.0747. The van der Waals surface area contributed by atoms with Crippen LogP contribution in [0.1, 0.15) is 40.5 Å². The maximum absolute atomic E-state index is 11.0. The van der Waals surface area contributed by atoms with Crippen LogP contribution < -0.4 is 11.1 Å². The first-order valence-corrected chi connectivity index (χ1v) is 11.9. The van der Waals surface area contributed by atoms with Crippen molar-refractivity contribution in [2.24, 2.45) is 17.1 Å². The highest BCUT2D eigenvalue weighted by atomic mass is 32.2. The van der Waals surface area contributed by atoms with E-state index in [1.807, 2.05) is 27.7 Å². The van der Waals surface area contributed by atoms with Gasteiger partial charge in [0, 0.05) is 51.5 Å². The number of hydrogen-bond acceptors (Lipinski definition) is 6. The van der Waals surface area contributed by atoms with Gasteiger partial charge >= 0.3 is 8.80 Å². The first-order valence-electron chi connectivity index (χ1n) is 8.80. The number of carbonyl (C=O) groups is 2. The van der Waals surface area contributed by atoms with Gasteiger partial charge in [-0.25, -0.2) is 0 Å². The number of carbonyl (C=O) groups excluding carboxylic acids is 2. The summed E-state index contributed by atoms with van der Waals surface area (Å²) in [4.78, 5) is 21.8. The van der Waals surface area contributed by atoms with E-state index in [0.29, 0.717) is 0 Å². The van der Waals surface area contributed by atoms with Gasteiger partial charge in [-0.2, -0.15) is 11.8 Å². The summed E-state index contributed by atoms with van der Waals surface area (Å²) in [7, 11) is 4.08. The highest BCUT2D eigenvalue weighted by molar-refractivity contribution is 7.99. The first kappa shape index (κ1) is 27.6. The summed E-state index contributed by atoms with van der Waals surface area (Å²) < 4.78 is 15.9. The number of primary amides is 1. The Morgan fingerprint density at radius 3 is 2.00 bits per heavy atom. The van der Waals surface area contributed by atoms with Crippen molar-refractivity contribution < 1.29 is 22.9 Å². The van der Waals surface area contributed by atoms with E-state index < -0.39 is 8.80 Å². The van der Waals surface area contributed by atoms with Crippen LogP contribution in [0.5, 0.6) is 0 Å². The van der Waals surface area contributed by atoms with Crippen molar-refractivity contribution >= 4 is 32.4 Å². The average molecular weight is 411 g/mol. The normalized spacial score (nSPS) is 12.8. The summed E-state index contributed by atoms with van der Waals surface area (Å²) in [6, 6.07) is 0.786. The fraction of sp³-hybridized carbons (Fsp3) is 0.882. The first-order chi connectivity index (χ1) is 12.1. The van der Waals surface area contributed by atoms with Crippen LogP contribution in [-0.4, -0.2) is 60.5 Å². The van der Waals surface area contributed by atoms with Crippen LogP contribution in [0.4, 0.5) is 0 Å². The van der Waals surface area contributed by atoms with E-state index in [0.717, 1.165) is 30.4 Å². The Morgan fingerprint density at radius 2 is 1.69 bits per heavy atom. The largest absolute Gasteiger partial charge is 0.500 e. The molecular weight excluding hydrogens is 372 g/mol. The topological polar surface area (TPSA) is 99.9 Å². The van der Waals surface area contributed by atoms with Crippen LogP contribution in [0, 0.1) is 11.3 Å². The monoisotopic (exact) mass is 410 g/mol. The lowest BCUT2D eigenvalue weighted by Crippen LogP contribution is -2.42. The molecule has 0 aliphatic rings. The highest BCUT2D eigenvalue weighted by Gasteiger charge is 2.36. The van der Waals surface area contributed by atoms with Gasteiger partial charge in [0.05, 0.1) is 0 Å². The van der Waals surface area contributed by atoms with Gasteiger partial charge in [0.15, 0.2) is 0 Å². The third-order valence-corrected chi connectivity index (χ3v) is 8.43. The summed E-state index contributed by atoms with van der Waals surface area (Å²) in [6.45, 7) is 7.72. The fourth-order valence-corrected chi connectivity index (χ4v) is 4.80. The molecule has 1 atom stereocenters. The van der Waals surface area contributed by atoms with Gasteiger partial charge in [-0.3, -0.25) is 9.59 Å². The molecule has 26 heavy (non-hydrogen) atoms. The SMILES string of the molecule is CCC(C)(C)C(=O)NC.CO[Si](CCCSCC(C)C(N)=O)(OC)OC. The molecular formula is C17H38N2O5SSi. The van der Waals surface area contributed by atoms with Gasteiger partial charge in [-0.15, -0.1) is 0 Å². The van der Waals surface area contributed by atoms with E-state index in [4.69, 9.17) is 19.0 Å². The summed E-state index contributed by atoms with van der Waals surface area (Å²) >= 11 is 1.72. The van der Waals surface area contributed by atoms with Gasteiger partial charge < -0.3 is 24.3 Å². The zero-order chi connectivity index (χ0) is 20.8. The predicted molar refractivity (Wildman–Crippen MR) is 110 cm³/mol. The smallest absolute Gasteiger partial charge is 0.377 e. The average Bonchev–Trinajstić information content (AvgIpc) is 2.64. The zero-order valence-corrected chi connectivity index (χ0v) is 19.5. The lowest BCUT2D eigenvalue weighted by atomic mass is 9.89. The Balaban J connectivity index is 0. The van der Waals surface area contributed by atoms with Gasteiger partial charge in [-0.05, 0) is 18.6 Å². The van der Waals surface area contributed by atoms with Gasteiger partial charge in [0.25, 0.3) is 0 Å². The summed E-state index contributed by atoms with van der Waals surface area (Å²) in [5.41, 5.74) is 4.98. The third kappa shape index (κ3) is 11.2. The zero-order valence-electron chi connectivity index (χ0n) is 17.6. The molecule has 2 amide bonds. The van der Waals surface area contributed by atoms with Crippen molar-refractivity contribution in [2.75, 3.05) is 39.9 Å². The van der Waals surface area contributed by atoms with E-state index in [1.165, 1.54) is 0 Å². The quantitative estimate of drug-likeness (QED) is 0.378. The molecule has 7 nitrogen and oxygen atoms in total. The Morgan fingerprint density at radius 1 is 1.19 bits per heavy atom. The van der Waals surface area contributed by atoms with Gasteiger partial charge in [0.2, 0.25) is 11.8 Å². The molecule has 0 aromatic carbocycles. The van der Waals surface area contributed by atoms with Crippen molar-refractivity contribution in [2.45, 2.75) is 46.6 Å². The molecule has 0 aliphatic heterocycles. The van der Waals surface area contributed by atoms with Crippen molar-refractivity contribution in [1.29, 1.82) is 0 Å². The van der Waals surface area contributed by atoms with Crippen molar-refractivity contribution in [1.82, 2.24) is 5.32 Å². The molecule has 0 bridgehead atoms. The molecule has 1 unspecified atom stereocenters.